The van der Waals surface area contributed by atoms with Crippen LogP contribution < -0.4 is 5.32 Å². The number of aliphatic carboxylic acids is 1. The Labute approximate surface area is 235 Å². The van der Waals surface area contributed by atoms with E-state index in [0.717, 1.165) is 11.1 Å². The molecule has 0 spiro atoms. The Balaban J connectivity index is 1.52. The van der Waals surface area contributed by atoms with E-state index in [4.69, 9.17) is 4.74 Å². The number of piperidine rings is 1. The maximum Gasteiger partial charge on any atom is 0.410 e. The molecular formula is C31H39N3O6. The van der Waals surface area contributed by atoms with Crippen molar-refractivity contribution in [2.75, 3.05) is 19.6 Å². The van der Waals surface area contributed by atoms with Crippen molar-refractivity contribution in [2.45, 2.75) is 76.0 Å². The number of nitrogens with one attached hydrogen (secondary N) is 1. The van der Waals surface area contributed by atoms with Crippen LogP contribution in [0.4, 0.5) is 4.79 Å². The number of nitrogens with zero attached hydrogens (tertiary/aromatic N) is 2. The maximum absolute atomic E-state index is 14.3. The molecule has 2 N–H and O–H groups in total. The van der Waals surface area contributed by atoms with Crippen molar-refractivity contribution in [3.63, 3.8) is 0 Å². The van der Waals surface area contributed by atoms with E-state index in [1.807, 2.05) is 81.4 Å². The van der Waals surface area contributed by atoms with Crippen molar-refractivity contribution in [3.8, 4) is 0 Å². The van der Waals surface area contributed by atoms with Gasteiger partial charge in [-0.25, -0.2) is 9.59 Å². The van der Waals surface area contributed by atoms with Gasteiger partial charge in [-0.05, 0) is 57.6 Å². The molecule has 0 aromatic heterocycles. The van der Waals surface area contributed by atoms with Gasteiger partial charge in [0.1, 0.15) is 17.7 Å². The summed E-state index contributed by atoms with van der Waals surface area (Å²) in [6.45, 7) is 6.56. The number of rotatable bonds is 7. The summed E-state index contributed by atoms with van der Waals surface area (Å²) >= 11 is 0. The van der Waals surface area contributed by atoms with Crippen LogP contribution in [0.25, 0.3) is 0 Å². The SMILES string of the molecule is CC(C)(C)OC(=O)N1CCC(C(=O)N2CCC[C@H]2C(=O)N[C@@H](Cc2ccccc2)C(=O)O)(c2ccccc2)CC1. The minimum atomic E-state index is -1.12. The van der Waals surface area contributed by atoms with Crippen molar-refractivity contribution >= 4 is 23.9 Å². The van der Waals surface area contributed by atoms with Crippen LogP contribution in [0.2, 0.25) is 0 Å². The van der Waals surface area contributed by atoms with Crippen LogP contribution in [-0.4, -0.2) is 76.1 Å². The molecule has 0 aliphatic carbocycles. The number of hydrogen-bond donors (Lipinski definition) is 2. The molecule has 2 aliphatic heterocycles. The predicted molar refractivity (Wildman–Crippen MR) is 150 cm³/mol. The van der Waals surface area contributed by atoms with Crippen molar-refractivity contribution in [2.24, 2.45) is 0 Å². The molecular weight excluding hydrogens is 510 g/mol. The largest absolute Gasteiger partial charge is 0.480 e. The molecule has 0 radical (unpaired) electrons. The predicted octanol–water partition coefficient (Wildman–Crippen LogP) is 3.76. The lowest BCUT2D eigenvalue weighted by atomic mass is 9.71. The summed E-state index contributed by atoms with van der Waals surface area (Å²) in [5, 5.41) is 12.5. The number of amides is 3. The lowest BCUT2D eigenvalue weighted by Gasteiger charge is -2.44. The number of carbonyl (C=O) groups is 4. The summed E-state index contributed by atoms with van der Waals surface area (Å²) in [6, 6.07) is 16.8. The Hall–Kier alpha value is -3.88. The average molecular weight is 550 g/mol. The van der Waals surface area contributed by atoms with E-state index < -0.39 is 41.1 Å². The van der Waals surface area contributed by atoms with Crippen molar-refractivity contribution < 1.29 is 29.0 Å². The summed E-state index contributed by atoms with van der Waals surface area (Å²) in [4.78, 5) is 55.7. The van der Waals surface area contributed by atoms with E-state index in [1.165, 1.54) is 0 Å². The first-order valence-electron chi connectivity index (χ1n) is 13.9. The van der Waals surface area contributed by atoms with Gasteiger partial charge in [-0.1, -0.05) is 60.7 Å². The fourth-order valence-electron chi connectivity index (χ4n) is 5.66. The van der Waals surface area contributed by atoms with Crippen molar-refractivity contribution in [3.05, 3.63) is 71.8 Å². The van der Waals surface area contributed by atoms with E-state index >= 15 is 0 Å². The fraction of sp³-hybridized carbons (Fsp3) is 0.484. The number of likely N-dealkylation sites (tertiary alicyclic amines) is 2. The van der Waals surface area contributed by atoms with Gasteiger partial charge < -0.3 is 25.0 Å². The number of carboxylic acids is 1. The molecule has 214 valence electrons. The van der Waals surface area contributed by atoms with Crippen molar-refractivity contribution in [1.82, 2.24) is 15.1 Å². The topological polar surface area (TPSA) is 116 Å². The molecule has 9 heteroatoms. The minimum Gasteiger partial charge on any atom is -0.480 e. The second kappa shape index (κ2) is 12.1. The molecule has 0 bridgehead atoms. The molecule has 2 fully saturated rings. The molecule has 0 saturated carbocycles. The van der Waals surface area contributed by atoms with Gasteiger partial charge in [-0.15, -0.1) is 0 Å². The highest BCUT2D eigenvalue weighted by Gasteiger charge is 2.49. The van der Waals surface area contributed by atoms with Crippen LogP contribution in [-0.2, 0) is 31.0 Å². The van der Waals surface area contributed by atoms with Gasteiger partial charge in [0.15, 0.2) is 0 Å². The monoisotopic (exact) mass is 549 g/mol. The normalized spacial score (nSPS) is 19.5. The third kappa shape index (κ3) is 6.63. The Morgan fingerprint density at radius 1 is 0.975 bits per heavy atom. The molecule has 2 aromatic rings. The zero-order valence-corrected chi connectivity index (χ0v) is 23.5. The molecule has 2 aromatic carbocycles. The lowest BCUT2D eigenvalue weighted by Crippen LogP contribution is -2.58. The lowest BCUT2D eigenvalue weighted by molar-refractivity contribution is -0.146. The first-order valence-corrected chi connectivity index (χ1v) is 13.9. The first kappa shape index (κ1) is 29.1. The number of benzene rings is 2. The van der Waals surface area contributed by atoms with Crippen LogP contribution in [0, 0.1) is 0 Å². The van der Waals surface area contributed by atoms with Crippen LogP contribution >= 0.6 is 0 Å². The van der Waals surface area contributed by atoms with Crippen LogP contribution in [0.15, 0.2) is 60.7 Å². The van der Waals surface area contributed by atoms with Gasteiger partial charge in [-0.2, -0.15) is 0 Å². The Morgan fingerprint density at radius 2 is 1.57 bits per heavy atom. The summed E-state index contributed by atoms with van der Waals surface area (Å²) in [6.07, 6.45) is 1.64. The van der Waals surface area contributed by atoms with Gasteiger partial charge >= 0.3 is 12.1 Å². The number of carbonyl (C=O) groups excluding carboxylic acids is 3. The molecule has 3 amide bonds. The van der Waals surface area contributed by atoms with Gasteiger partial charge in [0.2, 0.25) is 11.8 Å². The van der Waals surface area contributed by atoms with Gasteiger partial charge in [-0.3, -0.25) is 9.59 Å². The number of hydrogen-bond acceptors (Lipinski definition) is 5. The molecule has 2 heterocycles. The Kier molecular flexibility index (Phi) is 8.81. The van der Waals surface area contributed by atoms with E-state index in [9.17, 15) is 24.3 Å². The molecule has 9 nitrogen and oxygen atoms in total. The molecule has 2 saturated heterocycles. The summed E-state index contributed by atoms with van der Waals surface area (Å²) < 4.78 is 5.55. The molecule has 4 rings (SSSR count). The highest BCUT2D eigenvalue weighted by Crippen LogP contribution is 2.39. The van der Waals surface area contributed by atoms with Gasteiger partial charge in [0, 0.05) is 26.1 Å². The fourth-order valence-corrected chi connectivity index (χ4v) is 5.66. The Morgan fingerprint density at radius 3 is 2.15 bits per heavy atom. The summed E-state index contributed by atoms with van der Waals surface area (Å²) in [5.74, 6) is -1.73. The molecule has 2 atom stereocenters. The molecule has 40 heavy (non-hydrogen) atoms. The second-order valence-electron chi connectivity index (χ2n) is 11.7. The standard InChI is InChI=1S/C31H39N3O6/c1-30(2,3)40-29(39)33-19-16-31(17-20-33,23-13-8-5-9-14-23)28(38)34-18-10-15-25(34)26(35)32-24(27(36)37)21-22-11-6-4-7-12-22/h4-9,11-14,24-25H,10,15-21H2,1-3H3,(H,32,35)(H,36,37)/t24-,25-/m0/s1. The molecule has 0 unspecified atom stereocenters. The first-order chi connectivity index (χ1) is 19.0. The smallest absolute Gasteiger partial charge is 0.410 e. The van der Waals surface area contributed by atoms with Gasteiger partial charge in [0.05, 0.1) is 5.41 Å². The third-order valence-corrected chi connectivity index (χ3v) is 7.72. The Bertz CT molecular complexity index is 1200. The number of ether oxygens (including phenoxy) is 1. The van der Waals surface area contributed by atoms with Crippen LogP contribution in [0.3, 0.4) is 0 Å². The van der Waals surface area contributed by atoms with E-state index in [2.05, 4.69) is 5.32 Å². The van der Waals surface area contributed by atoms with Crippen molar-refractivity contribution in [1.29, 1.82) is 0 Å². The number of carboxylic acid groups (broad SMARTS) is 1. The zero-order chi connectivity index (χ0) is 28.9. The van der Waals surface area contributed by atoms with Crippen LogP contribution in [0.1, 0.15) is 57.6 Å². The highest BCUT2D eigenvalue weighted by atomic mass is 16.6. The molecule has 2 aliphatic rings. The van der Waals surface area contributed by atoms with E-state index in [1.54, 1.807) is 9.80 Å². The highest BCUT2D eigenvalue weighted by molar-refractivity contribution is 5.95. The second-order valence-corrected chi connectivity index (χ2v) is 11.7. The zero-order valence-electron chi connectivity index (χ0n) is 23.5. The maximum atomic E-state index is 14.3. The summed E-state index contributed by atoms with van der Waals surface area (Å²) in [5.41, 5.74) is 0.126. The third-order valence-electron chi connectivity index (χ3n) is 7.72. The van der Waals surface area contributed by atoms with E-state index in [0.29, 0.717) is 45.3 Å². The van der Waals surface area contributed by atoms with Gasteiger partial charge in [0.25, 0.3) is 0 Å². The average Bonchev–Trinajstić information content (AvgIpc) is 3.42. The minimum absolute atomic E-state index is 0.150. The quantitative estimate of drug-likeness (QED) is 0.543. The summed E-state index contributed by atoms with van der Waals surface area (Å²) in [7, 11) is 0. The van der Waals surface area contributed by atoms with E-state index in [-0.39, 0.29) is 12.3 Å². The van der Waals surface area contributed by atoms with Crippen LogP contribution in [0.5, 0.6) is 0 Å².